The van der Waals surface area contributed by atoms with Gasteiger partial charge in [-0.15, -0.1) is 0 Å². The van der Waals surface area contributed by atoms with Gasteiger partial charge in [0.1, 0.15) is 13.2 Å². The molecule has 3 aliphatic heterocycles. The SMILES string of the molecule is CCOC(=O)C1CCCN(C(=O)NC2CC(=O)N(c3ccc4c(c3)OCCO4)C2)C1. The van der Waals surface area contributed by atoms with Crippen molar-refractivity contribution in [2.45, 2.75) is 32.2 Å². The maximum Gasteiger partial charge on any atom is 0.317 e. The highest BCUT2D eigenvalue weighted by Crippen LogP contribution is 2.35. The van der Waals surface area contributed by atoms with Gasteiger partial charge in [-0.2, -0.15) is 0 Å². The first-order chi connectivity index (χ1) is 14.5. The number of hydrogen-bond donors (Lipinski definition) is 1. The van der Waals surface area contributed by atoms with Gasteiger partial charge in [-0.1, -0.05) is 0 Å². The minimum atomic E-state index is -0.291. The number of carbonyl (C=O) groups is 3. The summed E-state index contributed by atoms with van der Waals surface area (Å²) in [5.41, 5.74) is 0.723. The number of hydrogen-bond acceptors (Lipinski definition) is 6. The quantitative estimate of drug-likeness (QED) is 0.747. The molecule has 0 radical (unpaired) electrons. The number of rotatable bonds is 4. The summed E-state index contributed by atoms with van der Waals surface area (Å²) in [5, 5.41) is 2.95. The smallest absolute Gasteiger partial charge is 0.317 e. The van der Waals surface area contributed by atoms with Crippen LogP contribution in [-0.4, -0.2) is 68.3 Å². The zero-order chi connectivity index (χ0) is 21.1. The van der Waals surface area contributed by atoms with Crippen molar-refractivity contribution < 1.29 is 28.6 Å². The summed E-state index contributed by atoms with van der Waals surface area (Å²) in [5.74, 6) is 0.694. The summed E-state index contributed by atoms with van der Waals surface area (Å²) < 4.78 is 16.2. The molecule has 9 nitrogen and oxygen atoms in total. The molecule has 3 heterocycles. The molecule has 0 bridgehead atoms. The number of carbonyl (C=O) groups excluding carboxylic acids is 3. The Hall–Kier alpha value is -2.97. The maximum atomic E-state index is 12.7. The zero-order valence-corrected chi connectivity index (χ0v) is 17.1. The number of fused-ring (bicyclic) bond motifs is 1. The molecule has 0 aromatic heterocycles. The lowest BCUT2D eigenvalue weighted by Crippen LogP contribution is -2.50. The first kappa shape index (κ1) is 20.3. The van der Waals surface area contributed by atoms with Crippen LogP contribution in [0.15, 0.2) is 18.2 Å². The molecule has 4 rings (SSSR count). The number of piperidine rings is 1. The fraction of sp³-hybridized carbons (Fsp3) is 0.571. The molecule has 0 spiro atoms. The number of anilines is 1. The van der Waals surface area contributed by atoms with E-state index in [2.05, 4.69) is 5.32 Å². The van der Waals surface area contributed by atoms with Crippen molar-refractivity contribution in [1.29, 1.82) is 0 Å². The van der Waals surface area contributed by atoms with Gasteiger partial charge in [0.15, 0.2) is 11.5 Å². The van der Waals surface area contributed by atoms with Crippen molar-refractivity contribution in [3.8, 4) is 11.5 Å². The highest BCUT2D eigenvalue weighted by Gasteiger charge is 2.35. The maximum absolute atomic E-state index is 12.7. The molecule has 30 heavy (non-hydrogen) atoms. The van der Waals surface area contributed by atoms with E-state index in [0.717, 1.165) is 18.5 Å². The molecule has 2 atom stereocenters. The Morgan fingerprint density at radius 2 is 2.00 bits per heavy atom. The fourth-order valence-corrected chi connectivity index (χ4v) is 4.13. The van der Waals surface area contributed by atoms with Crippen molar-refractivity contribution >= 4 is 23.6 Å². The summed E-state index contributed by atoms with van der Waals surface area (Å²) in [7, 11) is 0. The van der Waals surface area contributed by atoms with Crippen LogP contribution in [0, 0.1) is 5.92 Å². The lowest BCUT2D eigenvalue weighted by atomic mass is 9.98. The Morgan fingerprint density at radius 3 is 2.80 bits per heavy atom. The van der Waals surface area contributed by atoms with Gasteiger partial charge >= 0.3 is 12.0 Å². The summed E-state index contributed by atoms with van der Waals surface area (Å²) in [6.07, 6.45) is 1.71. The number of ether oxygens (including phenoxy) is 3. The molecule has 1 aromatic carbocycles. The van der Waals surface area contributed by atoms with Crippen LogP contribution in [0.4, 0.5) is 10.5 Å². The minimum absolute atomic E-state index is 0.0555. The van der Waals surface area contributed by atoms with Gasteiger partial charge in [-0.05, 0) is 31.9 Å². The van der Waals surface area contributed by atoms with Crippen molar-refractivity contribution in [3.05, 3.63) is 18.2 Å². The van der Waals surface area contributed by atoms with Crippen molar-refractivity contribution in [3.63, 3.8) is 0 Å². The summed E-state index contributed by atoms with van der Waals surface area (Å²) in [6, 6.07) is 4.88. The average molecular weight is 417 g/mol. The lowest BCUT2D eigenvalue weighted by molar-refractivity contribution is -0.149. The molecule has 9 heteroatoms. The second-order valence-electron chi connectivity index (χ2n) is 7.72. The van der Waals surface area contributed by atoms with Crippen molar-refractivity contribution in [2.24, 2.45) is 5.92 Å². The van der Waals surface area contributed by atoms with Crippen molar-refractivity contribution in [2.75, 3.05) is 44.4 Å². The molecule has 2 unspecified atom stereocenters. The number of benzene rings is 1. The third kappa shape index (κ3) is 4.29. The lowest BCUT2D eigenvalue weighted by Gasteiger charge is -2.32. The van der Waals surface area contributed by atoms with Gasteiger partial charge in [0.2, 0.25) is 5.91 Å². The van der Waals surface area contributed by atoms with E-state index in [1.54, 1.807) is 28.9 Å². The largest absolute Gasteiger partial charge is 0.486 e. The van der Waals surface area contributed by atoms with E-state index in [0.29, 0.717) is 51.0 Å². The second-order valence-corrected chi connectivity index (χ2v) is 7.72. The van der Waals surface area contributed by atoms with Gasteiger partial charge in [0.25, 0.3) is 0 Å². The molecule has 1 N–H and O–H groups in total. The number of nitrogens with one attached hydrogen (secondary N) is 1. The Bertz CT molecular complexity index is 829. The number of nitrogens with zero attached hydrogens (tertiary/aromatic N) is 2. The molecule has 2 fully saturated rings. The third-order valence-electron chi connectivity index (χ3n) is 5.62. The Kier molecular flexibility index (Phi) is 5.96. The topological polar surface area (TPSA) is 97.4 Å². The number of likely N-dealkylation sites (tertiary alicyclic amines) is 1. The van der Waals surface area contributed by atoms with Crippen molar-refractivity contribution in [1.82, 2.24) is 10.2 Å². The van der Waals surface area contributed by atoms with Crippen LogP contribution in [-0.2, 0) is 14.3 Å². The van der Waals surface area contributed by atoms with Crippen LogP contribution in [0.3, 0.4) is 0 Å². The molecular weight excluding hydrogens is 390 g/mol. The number of urea groups is 1. The normalized spacial score (nSPS) is 23.3. The molecule has 2 saturated heterocycles. The molecule has 0 saturated carbocycles. The van der Waals surface area contributed by atoms with E-state index in [-0.39, 0.29) is 36.3 Å². The minimum Gasteiger partial charge on any atom is -0.486 e. The van der Waals surface area contributed by atoms with Crippen LogP contribution in [0.2, 0.25) is 0 Å². The van der Waals surface area contributed by atoms with E-state index < -0.39 is 0 Å². The standard InChI is InChI=1S/C21H27N3O6/c1-2-28-20(26)14-4-3-7-23(12-14)21(27)22-15-10-19(25)24(13-15)16-5-6-17-18(11-16)30-9-8-29-17/h5-6,11,14-15H,2-4,7-10,12-13H2,1H3,(H,22,27). The van der Waals surface area contributed by atoms with Crippen LogP contribution in [0.25, 0.3) is 0 Å². The molecule has 3 amide bonds. The van der Waals surface area contributed by atoms with Gasteiger partial charge in [0, 0.05) is 37.8 Å². The average Bonchev–Trinajstić information content (AvgIpc) is 3.13. The molecule has 1 aromatic rings. The first-order valence-corrected chi connectivity index (χ1v) is 10.5. The van der Waals surface area contributed by atoms with Gasteiger partial charge in [-0.3, -0.25) is 9.59 Å². The monoisotopic (exact) mass is 417 g/mol. The van der Waals surface area contributed by atoms with E-state index in [4.69, 9.17) is 14.2 Å². The second kappa shape index (κ2) is 8.81. The first-order valence-electron chi connectivity index (χ1n) is 10.5. The fourth-order valence-electron chi connectivity index (χ4n) is 4.13. The number of esters is 1. The predicted octanol–water partition coefficient (Wildman–Crippen LogP) is 1.55. The Balaban J connectivity index is 1.35. The van der Waals surface area contributed by atoms with Gasteiger partial charge < -0.3 is 29.3 Å². The molecule has 0 aliphatic carbocycles. The summed E-state index contributed by atoms with van der Waals surface area (Å²) in [4.78, 5) is 40.6. The van der Waals surface area contributed by atoms with E-state index in [1.807, 2.05) is 6.07 Å². The summed E-state index contributed by atoms with van der Waals surface area (Å²) >= 11 is 0. The molecular formula is C21H27N3O6. The van der Waals surface area contributed by atoms with Gasteiger partial charge in [-0.25, -0.2) is 4.79 Å². The highest BCUT2D eigenvalue weighted by atomic mass is 16.6. The van der Waals surface area contributed by atoms with Crippen LogP contribution >= 0.6 is 0 Å². The summed E-state index contributed by atoms with van der Waals surface area (Å²) in [6.45, 7) is 4.42. The predicted molar refractivity (Wildman–Crippen MR) is 108 cm³/mol. The Morgan fingerprint density at radius 1 is 1.20 bits per heavy atom. The third-order valence-corrected chi connectivity index (χ3v) is 5.62. The van der Waals surface area contributed by atoms with Gasteiger partial charge in [0.05, 0.1) is 18.6 Å². The van der Waals surface area contributed by atoms with Crippen LogP contribution in [0.1, 0.15) is 26.2 Å². The van der Waals surface area contributed by atoms with Crippen LogP contribution in [0.5, 0.6) is 11.5 Å². The van der Waals surface area contributed by atoms with E-state index in [9.17, 15) is 14.4 Å². The molecule has 3 aliphatic rings. The van der Waals surface area contributed by atoms with E-state index in [1.165, 1.54) is 0 Å². The van der Waals surface area contributed by atoms with Crippen LogP contribution < -0.4 is 19.7 Å². The molecule has 162 valence electrons. The van der Waals surface area contributed by atoms with E-state index >= 15 is 0 Å². The Labute approximate surface area is 175 Å². The highest BCUT2D eigenvalue weighted by molar-refractivity contribution is 5.97. The number of amides is 3. The zero-order valence-electron chi connectivity index (χ0n) is 17.1.